The van der Waals surface area contributed by atoms with Gasteiger partial charge in [-0.1, -0.05) is 12.1 Å². The zero-order valence-electron chi connectivity index (χ0n) is 13.5. The van der Waals surface area contributed by atoms with Gasteiger partial charge >= 0.3 is 0 Å². The number of ether oxygens (including phenoxy) is 2. The number of benzene rings is 1. The monoisotopic (exact) mass is 312 g/mol. The van der Waals surface area contributed by atoms with Gasteiger partial charge in [0.1, 0.15) is 11.6 Å². The molecule has 3 rings (SSSR count). The molecule has 2 heterocycles. The van der Waals surface area contributed by atoms with Crippen molar-refractivity contribution in [1.29, 1.82) is 0 Å². The van der Waals surface area contributed by atoms with Gasteiger partial charge in [0.05, 0.1) is 19.4 Å². The molecule has 3 aromatic rings. The highest BCUT2D eigenvalue weighted by Crippen LogP contribution is 2.25. The van der Waals surface area contributed by atoms with Gasteiger partial charge in [0, 0.05) is 37.0 Å². The van der Waals surface area contributed by atoms with E-state index in [1.165, 1.54) is 0 Å². The predicted octanol–water partition coefficient (Wildman–Crippen LogP) is 2.77. The van der Waals surface area contributed by atoms with Crippen molar-refractivity contribution in [2.75, 3.05) is 32.7 Å². The largest absolute Gasteiger partial charge is 0.497 e. The molecule has 0 unspecified atom stereocenters. The molecule has 1 N–H and O–H groups in total. The molecular weight excluding hydrogens is 292 g/mol. The average Bonchev–Trinajstić information content (AvgIpc) is 2.99. The lowest BCUT2D eigenvalue weighted by Crippen LogP contribution is -2.11. The first-order valence-electron chi connectivity index (χ1n) is 7.46. The van der Waals surface area contributed by atoms with Crippen LogP contribution in [0, 0.1) is 6.92 Å². The zero-order valence-corrected chi connectivity index (χ0v) is 13.5. The van der Waals surface area contributed by atoms with Crippen LogP contribution in [-0.4, -0.2) is 42.0 Å². The average molecular weight is 312 g/mol. The van der Waals surface area contributed by atoms with Gasteiger partial charge in [0.15, 0.2) is 5.65 Å². The third-order valence-corrected chi connectivity index (χ3v) is 3.53. The Hall–Kier alpha value is -2.60. The summed E-state index contributed by atoms with van der Waals surface area (Å²) in [7, 11) is 3.34. The fourth-order valence-corrected chi connectivity index (χ4v) is 2.43. The Kier molecular flexibility index (Phi) is 4.43. The number of fused-ring (bicyclic) bond motifs is 1. The van der Waals surface area contributed by atoms with Crippen molar-refractivity contribution in [1.82, 2.24) is 14.6 Å². The lowest BCUT2D eigenvalue weighted by Gasteiger charge is -2.08. The molecule has 0 aliphatic heterocycles. The van der Waals surface area contributed by atoms with E-state index in [4.69, 9.17) is 9.47 Å². The smallest absolute Gasteiger partial charge is 0.158 e. The third-order valence-electron chi connectivity index (χ3n) is 3.53. The summed E-state index contributed by atoms with van der Waals surface area (Å²) in [5.41, 5.74) is 3.60. The van der Waals surface area contributed by atoms with Crippen LogP contribution in [0.2, 0.25) is 0 Å². The van der Waals surface area contributed by atoms with Crippen LogP contribution >= 0.6 is 0 Å². The topological polar surface area (TPSA) is 60.7 Å². The number of anilines is 1. The summed E-state index contributed by atoms with van der Waals surface area (Å²) in [6.45, 7) is 3.32. The van der Waals surface area contributed by atoms with Gasteiger partial charge in [-0.2, -0.15) is 9.61 Å². The number of aryl methyl sites for hydroxylation is 1. The van der Waals surface area contributed by atoms with E-state index in [0.29, 0.717) is 13.2 Å². The van der Waals surface area contributed by atoms with Gasteiger partial charge in [-0.15, -0.1) is 0 Å². The van der Waals surface area contributed by atoms with Crippen molar-refractivity contribution in [3.8, 4) is 17.0 Å². The molecule has 0 amide bonds. The molecule has 0 atom stereocenters. The van der Waals surface area contributed by atoms with Crippen LogP contribution < -0.4 is 10.1 Å². The van der Waals surface area contributed by atoms with Crippen LogP contribution in [-0.2, 0) is 4.74 Å². The molecule has 0 bridgehead atoms. The molecule has 1 aromatic carbocycles. The molecule has 2 aromatic heterocycles. The molecule has 0 fully saturated rings. The molecular formula is C17H20N4O2. The van der Waals surface area contributed by atoms with Crippen LogP contribution in [0.4, 0.5) is 5.82 Å². The highest BCUT2D eigenvalue weighted by molar-refractivity contribution is 5.67. The minimum absolute atomic E-state index is 0.632. The summed E-state index contributed by atoms with van der Waals surface area (Å²) in [4.78, 5) is 4.55. The van der Waals surface area contributed by atoms with E-state index in [9.17, 15) is 0 Å². The van der Waals surface area contributed by atoms with E-state index in [2.05, 4.69) is 15.4 Å². The van der Waals surface area contributed by atoms with E-state index < -0.39 is 0 Å². The Bertz CT molecular complexity index is 813. The van der Waals surface area contributed by atoms with E-state index in [1.54, 1.807) is 14.2 Å². The summed E-state index contributed by atoms with van der Waals surface area (Å²) in [6.07, 6.45) is 0. The van der Waals surface area contributed by atoms with E-state index in [-0.39, 0.29) is 0 Å². The van der Waals surface area contributed by atoms with Crippen LogP contribution in [0.1, 0.15) is 5.69 Å². The van der Waals surface area contributed by atoms with E-state index in [0.717, 1.165) is 34.2 Å². The summed E-state index contributed by atoms with van der Waals surface area (Å²) < 4.78 is 12.2. The lowest BCUT2D eigenvalue weighted by molar-refractivity contribution is 0.210. The quantitative estimate of drug-likeness (QED) is 0.709. The first kappa shape index (κ1) is 15.3. The van der Waals surface area contributed by atoms with Crippen LogP contribution in [0.15, 0.2) is 36.4 Å². The van der Waals surface area contributed by atoms with Gasteiger partial charge in [-0.3, -0.25) is 0 Å². The molecule has 6 heteroatoms. The molecule has 0 aliphatic carbocycles. The van der Waals surface area contributed by atoms with Crippen LogP contribution in [0.25, 0.3) is 16.9 Å². The minimum Gasteiger partial charge on any atom is -0.497 e. The molecule has 120 valence electrons. The Labute approximate surface area is 135 Å². The van der Waals surface area contributed by atoms with Crippen molar-refractivity contribution in [3.63, 3.8) is 0 Å². The fraction of sp³-hybridized carbons (Fsp3) is 0.294. The summed E-state index contributed by atoms with van der Waals surface area (Å²) in [5.74, 6) is 1.71. The molecule has 6 nitrogen and oxygen atoms in total. The van der Waals surface area contributed by atoms with Crippen molar-refractivity contribution in [3.05, 3.63) is 42.1 Å². The number of rotatable bonds is 6. The Balaban J connectivity index is 2.01. The van der Waals surface area contributed by atoms with Gasteiger partial charge in [-0.25, -0.2) is 4.98 Å². The zero-order chi connectivity index (χ0) is 16.2. The Morgan fingerprint density at radius 3 is 2.83 bits per heavy atom. The second-order valence-electron chi connectivity index (χ2n) is 5.23. The van der Waals surface area contributed by atoms with Crippen LogP contribution in [0.3, 0.4) is 0 Å². The van der Waals surface area contributed by atoms with Crippen molar-refractivity contribution in [2.45, 2.75) is 6.92 Å². The number of nitrogens with zero attached hydrogens (tertiary/aromatic N) is 3. The van der Waals surface area contributed by atoms with E-state index in [1.807, 2.05) is 47.8 Å². The summed E-state index contributed by atoms with van der Waals surface area (Å²) in [6, 6.07) is 11.8. The maximum Gasteiger partial charge on any atom is 0.158 e. The number of methoxy groups -OCH3 is 2. The second-order valence-corrected chi connectivity index (χ2v) is 5.23. The fourth-order valence-electron chi connectivity index (χ4n) is 2.43. The van der Waals surface area contributed by atoms with Crippen molar-refractivity contribution in [2.24, 2.45) is 0 Å². The molecule has 0 saturated carbocycles. The maximum atomic E-state index is 5.28. The highest BCUT2D eigenvalue weighted by atomic mass is 16.5. The normalized spacial score (nSPS) is 10.9. The maximum absolute atomic E-state index is 5.28. The second kappa shape index (κ2) is 6.66. The molecule has 23 heavy (non-hydrogen) atoms. The number of hydrogen-bond donors (Lipinski definition) is 1. The van der Waals surface area contributed by atoms with Gasteiger partial charge in [0.2, 0.25) is 0 Å². The Morgan fingerprint density at radius 2 is 2.04 bits per heavy atom. The number of hydrogen-bond acceptors (Lipinski definition) is 5. The highest BCUT2D eigenvalue weighted by Gasteiger charge is 2.10. The molecule has 0 spiro atoms. The molecule has 0 aliphatic rings. The number of nitrogens with one attached hydrogen (secondary N) is 1. The first-order chi connectivity index (χ1) is 11.2. The summed E-state index contributed by atoms with van der Waals surface area (Å²) >= 11 is 0. The van der Waals surface area contributed by atoms with E-state index >= 15 is 0 Å². The van der Waals surface area contributed by atoms with Gasteiger partial charge in [0.25, 0.3) is 0 Å². The SMILES string of the molecule is COCCNc1cc(C)nc2cc(-c3cccc(OC)c3)nn12. The molecule has 0 saturated heterocycles. The predicted molar refractivity (Wildman–Crippen MR) is 90.1 cm³/mol. The van der Waals surface area contributed by atoms with Crippen molar-refractivity contribution >= 4 is 11.5 Å². The lowest BCUT2D eigenvalue weighted by atomic mass is 10.1. The third kappa shape index (κ3) is 3.27. The van der Waals surface area contributed by atoms with Gasteiger partial charge < -0.3 is 14.8 Å². The Morgan fingerprint density at radius 1 is 1.17 bits per heavy atom. The first-order valence-corrected chi connectivity index (χ1v) is 7.46. The summed E-state index contributed by atoms with van der Waals surface area (Å²) in [5, 5.41) is 8.00. The standard InChI is InChI=1S/C17H20N4O2/c1-12-9-16(18-7-8-22-2)21-17(19-12)11-15(20-21)13-5-4-6-14(10-13)23-3/h4-6,9-11,18H,7-8H2,1-3H3. The van der Waals surface area contributed by atoms with Crippen LogP contribution in [0.5, 0.6) is 5.75 Å². The minimum atomic E-state index is 0.632. The van der Waals surface area contributed by atoms with Crippen molar-refractivity contribution < 1.29 is 9.47 Å². The molecule has 0 radical (unpaired) electrons. The number of aromatic nitrogens is 3. The van der Waals surface area contributed by atoms with Gasteiger partial charge in [-0.05, 0) is 19.1 Å².